The molecular weight excluding hydrogens is 162 g/mol. The summed E-state index contributed by atoms with van der Waals surface area (Å²) in [6.45, 7) is 6.49. The Balaban J connectivity index is 2.84. The molecule has 0 radical (unpaired) electrons. The summed E-state index contributed by atoms with van der Waals surface area (Å²) in [6, 6.07) is 2.48. The van der Waals surface area contributed by atoms with E-state index in [0.29, 0.717) is 12.0 Å². The van der Waals surface area contributed by atoms with E-state index in [1.807, 2.05) is 14.0 Å². The van der Waals surface area contributed by atoms with Crippen molar-refractivity contribution in [2.75, 3.05) is 7.05 Å². The van der Waals surface area contributed by atoms with E-state index in [9.17, 15) is 0 Å². The molecule has 1 heterocycles. The first-order valence-corrected chi connectivity index (χ1v) is 4.92. The molecule has 13 heavy (non-hydrogen) atoms. The van der Waals surface area contributed by atoms with Gasteiger partial charge in [-0.15, -0.1) is 0 Å². The number of hydrogen-bond donors (Lipinski definition) is 1. The molecule has 2 heteroatoms. The first-order chi connectivity index (χ1) is 6.20. The molecule has 2 nitrogen and oxygen atoms in total. The van der Waals surface area contributed by atoms with Crippen molar-refractivity contribution in [3.63, 3.8) is 0 Å². The lowest BCUT2D eigenvalue weighted by Crippen LogP contribution is -2.23. The third-order valence-corrected chi connectivity index (χ3v) is 2.76. The summed E-state index contributed by atoms with van der Waals surface area (Å²) in [6.07, 6.45) is 2.94. The molecule has 0 aliphatic heterocycles. The highest BCUT2D eigenvalue weighted by Gasteiger charge is 2.18. The van der Waals surface area contributed by atoms with Crippen LogP contribution in [0.5, 0.6) is 0 Å². The summed E-state index contributed by atoms with van der Waals surface area (Å²) >= 11 is 0. The van der Waals surface area contributed by atoms with Gasteiger partial charge in [0.25, 0.3) is 0 Å². The van der Waals surface area contributed by atoms with Crippen LogP contribution in [0.25, 0.3) is 0 Å². The van der Waals surface area contributed by atoms with Gasteiger partial charge in [-0.2, -0.15) is 0 Å². The minimum Gasteiger partial charge on any atom is -0.469 e. The van der Waals surface area contributed by atoms with Gasteiger partial charge in [-0.25, -0.2) is 0 Å². The van der Waals surface area contributed by atoms with E-state index >= 15 is 0 Å². The van der Waals surface area contributed by atoms with Crippen molar-refractivity contribution >= 4 is 0 Å². The van der Waals surface area contributed by atoms with Crippen molar-refractivity contribution in [1.82, 2.24) is 5.32 Å². The average molecular weight is 181 g/mol. The van der Waals surface area contributed by atoms with E-state index in [0.717, 1.165) is 5.76 Å². The van der Waals surface area contributed by atoms with Crippen LogP contribution < -0.4 is 5.32 Å². The second-order valence-corrected chi connectivity index (χ2v) is 3.58. The van der Waals surface area contributed by atoms with Gasteiger partial charge in [0, 0.05) is 11.6 Å². The van der Waals surface area contributed by atoms with Gasteiger partial charge in [0.05, 0.1) is 6.26 Å². The molecule has 1 N–H and O–H groups in total. The van der Waals surface area contributed by atoms with Gasteiger partial charge >= 0.3 is 0 Å². The molecule has 2 unspecified atom stereocenters. The van der Waals surface area contributed by atoms with Crippen LogP contribution in [-0.4, -0.2) is 7.05 Å². The second kappa shape index (κ2) is 4.47. The van der Waals surface area contributed by atoms with Gasteiger partial charge in [-0.1, -0.05) is 20.3 Å². The number of rotatable bonds is 4. The van der Waals surface area contributed by atoms with Crippen LogP contribution in [0.15, 0.2) is 16.7 Å². The summed E-state index contributed by atoms with van der Waals surface area (Å²) < 4.78 is 5.30. The third-order valence-electron chi connectivity index (χ3n) is 2.76. The van der Waals surface area contributed by atoms with Crippen molar-refractivity contribution in [2.45, 2.75) is 33.2 Å². The molecule has 0 aliphatic rings. The zero-order chi connectivity index (χ0) is 9.84. The molecule has 0 spiro atoms. The van der Waals surface area contributed by atoms with Crippen LogP contribution in [-0.2, 0) is 0 Å². The first-order valence-electron chi connectivity index (χ1n) is 4.92. The number of furan rings is 1. The molecule has 74 valence electrons. The van der Waals surface area contributed by atoms with Crippen LogP contribution in [0.4, 0.5) is 0 Å². The highest BCUT2D eigenvalue weighted by atomic mass is 16.3. The normalized spacial score (nSPS) is 15.7. The summed E-state index contributed by atoms with van der Waals surface area (Å²) in [5, 5.41) is 3.34. The van der Waals surface area contributed by atoms with E-state index in [4.69, 9.17) is 4.42 Å². The van der Waals surface area contributed by atoms with Gasteiger partial charge in [0.1, 0.15) is 5.76 Å². The topological polar surface area (TPSA) is 25.2 Å². The van der Waals surface area contributed by atoms with E-state index in [1.54, 1.807) is 6.26 Å². The molecule has 1 rings (SSSR count). The zero-order valence-electron chi connectivity index (χ0n) is 8.92. The molecule has 0 saturated heterocycles. The Bertz CT molecular complexity index is 254. The molecule has 0 amide bonds. The largest absolute Gasteiger partial charge is 0.469 e. The van der Waals surface area contributed by atoms with Gasteiger partial charge in [-0.3, -0.25) is 0 Å². The fraction of sp³-hybridized carbons (Fsp3) is 0.636. The Hall–Kier alpha value is -0.760. The zero-order valence-corrected chi connectivity index (χ0v) is 8.92. The van der Waals surface area contributed by atoms with E-state index in [1.165, 1.54) is 12.0 Å². The summed E-state index contributed by atoms with van der Waals surface area (Å²) in [7, 11) is 2.00. The Morgan fingerprint density at radius 3 is 2.62 bits per heavy atom. The molecule has 1 aromatic heterocycles. The van der Waals surface area contributed by atoms with Crippen LogP contribution in [0.3, 0.4) is 0 Å². The maximum absolute atomic E-state index is 5.30. The lowest BCUT2D eigenvalue weighted by atomic mass is 9.93. The lowest BCUT2D eigenvalue weighted by Gasteiger charge is -2.21. The predicted molar refractivity (Wildman–Crippen MR) is 54.7 cm³/mol. The van der Waals surface area contributed by atoms with Gasteiger partial charge < -0.3 is 9.73 Å². The second-order valence-electron chi connectivity index (χ2n) is 3.58. The number of nitrogens with one attached hydrogen (secondary N) is 1. The van der Waals surface area contributed by atoms with Crippen molar-refractivity contribution in [2.24, 2.45) is 5.92 Å². The highest BCUT2D eigenvalue weighted by Crippen LogP contribution is 2.26. The Labute approximate surface area is 80.3 Å². The maximum atomic E-state index is 5.30. The van der Waals surface area contributed by atoms with E-state index in [2.05, 4.69) is 25.2 Å². The van der Waals surface area contributed by atoms with Crippen molar-refractivity contribution in [3.05, 3.63) is 23.7 Å². The molecule has 0 bridgehead atoms. The van der Waals surface area contributed by atoms with Crippen LogP contribution in [0.2, 0.25) is 0 Å². The Morgan fingerprint density at radius 1 is 1.54 bits per heavy atom. The standard InChI is InChI=1S/C11H19NO/c1-5-8(2)11(12-4)10-6-7-13-9(10)3/h6-8,11-12H,5H2,1-4H3. The summed E-state index contributed by atoms with van der Waals surface area (Å²) in [5.41, 5.74) is 1.29. The highest BCUT2D eigenvalue weighted by molar-refractivity contribution is 5.20. The first kappa shape index (κ1) is 10.3. The van der Waals surface area contributed by atoms with Crippen molar-refractivity contribution < 1.29 is 4.42 Å². The Morgan fingerprint density at radius 2 is 2.23 bits per heavy atom. The minimum atomic E-state index is 0.420. The third kappa shape index (κ3) is 2.13. The molecule has 1 aromatic rings. The number of hydrogen-bond acceptors (Lipinski definition) is 2. The molecule has 2 atom stereocenters. The van der Waals surface area contributed by atoms with Gasteiger partial charge in [-0.05, 0) is 26.0 Å². The predicted octanol–water partition coefficient (Wildman–Crippen LogP) is 2.89. The molecule has 0 aliphatic carbocycles. The lowest BCUT2D eigenvalue weighted by molar-refractivity contribution is 0.393. The average Bonchev–Trinajstić information content (AvgIpc) is 2.53. The smallest absolute Gasteiger partial charge is 0.105 e. The fourth-order valence-corrected chi connectivity index (χ4v) is 1.70. The van der Waals surface area contributed by atoms with Crippen LogP contribution >= 0.6 is 0 Å². The molecule has 0 fully saturated rings. The quantitative estimate of drug-likeness (QED) is 0.772. The summed E-state index contributed by atoms with van der Waals surface area (Å²) in [4.78, 5) is 0. The molecule has 0 saturated carbocycles. The SMILES string of the molecule is CCC(C)C(NC)c1ccoc1C. The van der Waals surface area contributed by atoms with Gasteiger partial charge in [0.15, 0.2) is 0 Å². The maximum Gasteiger partial charge on any atom is 0.105 e. The van der Waals surface area contributed by atoms with E-state index in [-0.39, 0.29) is 0 Å². The van der Waals surface area contributed by atoms with Crippen molar-refractivity contribution in [3.8, 4) is 0 Å². The minimum absolute atomic E-state index is 0.420. The molecular formula is C11H19NO. The fourth-order valence-electron chi connectivity index (χ4n) is 1.70. The monoisotopic (exact) mass is 181 g/mol. The van der Waals surface area contributed by atoms with Gasteiger partial charge in [0.2, 0.25) is 0 Å². The van der Waals surface area contributed by atoms with Crippen LogP contribution in [0, 0.1) is 12.8 Å². The Kier molecular flexibility index (Phi) is 3.55. The molecule has 0 aromatic carbocycles. The van der Waals surface area contributed by atoms with Crippen LogP contribution in [0.1, 0.15) is 37.6 Å². The summed E-state index contributed by atoms with van der Waals surface area (Å²) in [5.74, 6) is 1.67. The number of aryl methyl sites for hydroxylation is 1. The van der Waals surface area contributed by atoms with E-state index < -0.39 is 0 Å². The van der Waals surface area contributed by atoms with Crippen molar-refractivity contribution in [1.29, 1.82) is 0 Å².